The van der Waals surface area contributed by atoms with Crippen molar-refractivity contribution in [3.05, 3.63) is 17.5 Å². The van der Waals surface area contributed by atoms with Crippen molar-refractivity contribution in [2.24, 2.45) is 18.4 Å². The van der Waals surface area contributed by atoms with Gasteiger partial charge < -0.3 is 10.1 Å². The molecule has 1 saturated carbocycles. The van der Waals surface area contributed by atoms with E-state index in [1.54, 1.807) is 7.11 Å². The average Bonchev–Trinajstić information content (AvgIpc) is 3.22. The Morgan fingerprint density at radius 2 is 2.33 bits per heavy atom. The quantitative estimate of drug-likeness (QED) is 0.801. The van der Waals surface area contributed by atoms with Crippen LogP contribution >= 0.6 is 0 Å². The van der Waals surface area contributed by atoms with E-state index in [-0.39, 0.29) is 17.2 Å². The lowest BCUT2D eigenvalue weighted by atomic mass is 9.76. The zero-order valence-corrected chi connectivity index (χ0v) is 15.2. The standard InChI is InChI=1S/C18H30N4O2/c1-14-15(11-21(2)20-14)12-22-9-7-18(13-22)6-4-5-16(18)17(23)19-8-10-24-3/h11,16H,4-10,12-13H2,1-3H3,(H,19,23). The fourth-order valence-electron chi connectivity index (χ4n) is 4.60. The van der Waals surface area contributed by atoms with Crippen molar-refractivity contribution in [1.29, 1.82) is 0 Å². The van der Waals surface area contributed by atoms with Gasteiger partial charge in [-0.25, -0.2) is 0 Å². The van der Waals surface area contributed by atoms with Crippen molar-refractivity contribution >= 4 is 5.91 Å². The van der Waals surface area contributed by atoms with Gasteiger partial charge in [-0.1, -0.05) is 6.42 Å². The van der Waals surface area contributed by atoms with Gasteiger partial charge in [0.25, 0.3) is 0 Å². The van der Waals surface area contributed by atoms with E-state index in [1.807, 2.05) is 11.7 Å². The number of aromatic nitrogens is 2. The first-order valence-corrected chi connectivity index (χ1v) is 9.02. The number of rotatable bonds is 6. The summed E-state index contributed by atoms with van der Waals surface area (Å²) < 4.78 is 6.92. The van der Waals surface area contributed by atoms with Crippen LogP contribution in [0.5, 0.6) is 0 Å². The fourth-order valence-corrected chi connectivity index (χ4v) is 4.60. The number of hydrogen-bond donors (Lipinski definition) is 1. The number of carbonyl (C=O) groups excluding carboxylic acids is 1. The van der Waals surface area contributed by atoms with Crippen molar-refractivity contribution in [2.75, 3.05) is 33.4 Å². The maximum absolute atomic E-state index is 12.6. The minimum absolute atomic E-state index is 0.161. The van der Waals surface area contributed by atoms with E-state index in [4.69, 9.17) is 4.74 Å². The predicted octanol–water partition coefficient (Wildman–Crippen LogP) is 1.48. The minimum Gasteiger partial charge on any atom is -0.383 e. The van der Waals surface area contributed by atoms with E-state index < -0.39 is 0 Å². The maximum atomic E-state index is 12.6. The van der Waals surface area contributed by atoms with Crippen LogP contribution < -0.4 is 5.32 Å². The first-order valence-electron chi connectivity index (χ1n) is 9.02. The van der Waals surface area contributed by atoms with E-state index in [2.05, 4.69) is 28.4 Å². The van der Waals surface area contributed by atoms with E-state index in [0.717, 1.165) is 38.2 Å². The van der Waals surface area contributed by atoms with Gasteiger partial charge in [0, 0.05) is 51.5 Å². The number of likely N-dealkylation sites (tertiary alicyclic amines) is 1. The highest BCUT2D eigenvalue weighted by Crippen LogP contribution is 2.50. The number of aryl methyl sites for hydroxylation is 2. The molecule has 2 atom stereocenters. The molecule has 2 heterocycles. The summed E-state index contributed by atoms with van der Waals surface area (Å²) in [5.41, 5.74) is 2.58. The number of carbonyl (C=O) groups is 1. The molecule has 1 spiro atoms. The molecular formula is C18H30N4O2. The lowest BCUT2D eigenvalue weighted by molar-refractivity contribution is -0.128. The Bertz CT molecular complexity index is 586. The summed E-state index contributed by atoms with van der Waals surface area (Å²) in [4.78, 5) is 15.1. The lowest BCUT2D eigenvalue weighted by Crippen LogP contribution is -2.41. The van der Waals surface area contributed by atoms with Crippen molar-refractivity contribution in [3.8, 4) is 0 Å². The largest absolute Gasteiger partial charge is 0.383 e. The smallest absolute Gasteiger partial charge is 0.223 e. The molecule has 0 aromatic carbocycles. The van der Waals surface area contributed by atoms with Gasteiger partial charge in [-0.2, -0.15) is 5.10 Å². The Hall–Kier alpha value is -1.40. The molecule has 3 rings (SSSR count). The highest BCUT2D eigenvalue weighted by Gasteiger charge is 2.50. The molecule has 0 bridgehead atoms. The van der Waals surface area contributed by atoms with Gasteiger partial charge in [0.15, 0.2) is 0 Å². The SMILES string of the molecule is COCCNC(=O)C1CCCC12CCN(Cc1cn(C)nc1C)C2. The first-order chi connectivity index (χ1) is 11.5. The third kappa shape index (κ3) is 3.49. The Morgan fingerprint density at radius 3 is 3.04 bits per heavy atom. The predicted molar refractivity (Wildman–Crippen MR) is 92.5 cm³/mol. The van der Waals surface area contributed by atoms with E-state index in [9.17, 15) is 4.79 Å². The van der Waals surface area contributed by atoms with Crippen molar-refractivity contribution in [3.63, 3.8) is 0 Å². The highest BCUT2D eigenvalue weighted by molar-refractivity contribution is 5.80. The second kappa shape index (κ2) is 7.23. The molecule has 1 amide bonds. The Morgan fingerprint density at radius 1 is 1.50 bits per heavy atom. The van der Waals surface area contributed by atoms with E-state index >= 15 is 0 Å². The first kappa shape index (κ1) is 17.4. The van der Waals surface area contributed by atoms with Crippen LogP contribution in [0.1, 0.15) is 36.9 Å². The van der Waals surface area contributed by atoms with Gasteiger partial charge >= 0.3 is 0 Å². The third-order valence-electron chi connectivity index (χ3n) is 5.80. The normalized spacial score (nSPS) is 27.2. The van der Waals surface area contributed by atoms with E-state index in [0.29, 0.717) is 13.2 Å². The molecule has 1 saturated heterocycles. The highest BCUT2D eigenvalue weighted by atomic mass is 16.5. The molecular weight excluding hydrogens is 304 g/mol. The zero-order valence-electron chi connectivity index (χ0n) is 15.2. The van der Waals surface area contributed by atoms with Crippen LogP contribution in [0.2, 0.25) is 0 Å². The van der Waals surface area contributed by atoms with Crippen LogP contribution in [-0.4, -0.2) is 53.9 Å². The lowest BCUT2D eigenvalue weighted by Gasteiger charge is -2.30. The number of ether oxygens (including phenoxy) is 1. The molecule has 0 radical (unpaired) electrons. The molecule has 2 unspecified atom stereocenters. The van der Waals surface area contributed by atoms with Crippen LogP contribution in [-0.2, 0) is 23.1 Å². The Kier molecular flexibility index (Phi) is 5.25. The molecule has 2 fully saturated rings. The van der Waals surface area contributed by atoms with Gasteiger partial charge in [0.05, 0.1) is 12.3 Å². The second-order valence-electron chi connectivity index (χ2n) is 7.47. The van der Waals surface area contributed by atoms with Gasteiger partial charge in [-0.3, -0.25) is 14.4 Å². The summed E-state index contributed by atoms with van der Waals surface area (Å²) in [7, 11) is 3.64. The van der Waals surface area contributed by atoms with Crippen LogP contribution in [0.25, 0.3) is 0 Å². The molecule has 6 heteroatoms. The summed E-state index contributed by atoms with van der Waals surface area (Å²) in [6, 6.07) is 0. The molecule has 134 valence electrons. The number of methoxy groups -OCH3 is 1. The van der Waals surface area contributed by atoms with Crippen LogP contribution in [0.15, 0.2) is 6.20 Å². The Labute approximate surface area is 144 Å². The van der Waals surface area contributed by atoms with Crippen LogP contribution in [0, 0.1) is 18.3 Å². The van der Waals surface area contributed by atoms with Crippen molar-refractivity contribution < 1.29 is 9.53 Å². The topological polar surface area (TPSA) is 59.4 Å². The minimum atomic E-state index is 0.161. The summed E-state index contributed by atoms with van der Waals surface area (Å²) in [5, 5.41) is 7.50. The second-order valence-corrected chi connectivity index (χ2v) is 7.47. The molecule has 24 heavy (non-hydrogen) atoms. The van der Waals surface area contributed by atoms with Gasteiger partial charge in [0.2, 0.25) is 5.91 Å². The molecule has 1 aliphatic heterocycles. The number of nitrogens with one attached hydrogen (secondary N) is 1. The number of hydrogen-bond acceptors (Lipinski definition) is 4. The molecule has 1 N–H and O–H groups in total. The van der Waals surface area contributed by atoms with Crippen molar-refractivity contribution in [2.45, 2.75) is 39.2 Å². The zero-order chi connectivity index (χ0) is 17.2. The number of nitrogens with zero attached hydrogens (tertiary/aromatic N) is 3. The number of amides is 1. The molecule has 1 aromatic heterocycles. The van der Waals surface area contributed by atoms with Gasteiger partial charge in [-0.15, -0.1) is 0 Å². The monoisotopic (exact) mass is 334 g/mol. The maximum Gasteiger partial charge on any atom is 0.223 e. The molecule has 2 aliphatic rings. The van der Waals surface area contributed by atoms with Gasteiger partial charge in [0.1, 0.15) is 0 Å². The molecule has 1 aromatic rings. The fraction of sp³-hybridized carbons (Fsp3) is 0.778. The average molecular weight is 334 g/mol. The summed E-state index contributed by atoms with van der Waals surface area (Å²) >= 11 is 0. The summed E-state index contributed by atoms with van der Waals surface area (Å²) in [6.07, 6.45) is 6.62. The van der Waals surface area contributed by atoms with Crippen LogP contribution in [0.4, 0.5) is 0 Å². The molecule has 6 nitrogen and oxygen atoms in total. The third-order valence-corrected chi connectivity index (χ3v) is 5.80. The van der Waals surface area contributed by atoms with Crippen molar-refractivity contribution in [1.82, 2.24) is 20.0 Å². The van der Waals surface area contributed by atoms with Crippen LogP contribution in [0.3, 0.4) is 0 Å². The Balaban J connectivity index is 1.61. The molecule has 1 aliphatic carbocycles. The van der Waals surface area contributed by atoms with E-state index in [1.165, 1.54) is 18.4 Å². The summed E-state index contributed by atoms with van der Waals surface area (Å²) in [5.74, 6) is 0.387. The van der Waals surface area contributed by atoms with Gasteiger partial charge in [-0.05, 0) is 38.1 Å². The summed E-state index contributed by atoms with van der Waals surface area (Å²) in [6.45, 7) is 6.32.